The largest absolute Gasteiger partial charge is 0.380 e. The minimum atomic E-state index is -3.48. The van der Waals surface area contributed by atoms with Gasteiger partial charge in [0.2, 0.25) is 10.0 Å². The minimum absolute atomic E-state index is 0.178. The predicted octanol–water partition coefficient (Wildman–Crippen LogP) is 4.77. The number of thioether (sulfide) groups is 1. The Labute approximate surface area is 193 Å². The zero-order valence-electron chi connectivity index (χ0n) is 18.2. The Hall–Kier alpha value is -2.81. The molecule has 168 valence electrons. The summed E-state index contributed by atoms with van der Waals surface area (Å²) in [7, 11) is -1.86. The number of benzene rings is 3. The number of rotatable bonds is 9. The molecule has 0 spiro atoms. The Morgan fingerprint density at radius 1 is 1.00 bits per heavy atom. The average Bonchev–Trinajstić information content (AvgIpc) is 2.77. The molecule has 0 radical (unpaired) electrons. The number of nitrogens with one attached hydrogen (secondary N) is 1. The fourth-order valence-electron chi connectivity index (χ4n) is 3.20. The second-order valence-corrected chi connectivity index (χ2v) is 10.0. The molecule has 32 heavy (non-hydrogen) atoms. The van der Waals surface area contributed by atoms with Crippen LogP contribution in [0.3, 0.4) is 0 Å². The van der Waals surface area contributed by atoms with Crippen LogP contribution in [0, 0.1) is 0 Å². The Morgan fingerprint density at radius 3 is 2.38 bits per heavy atom. The van der Waals surface area contributed by atoms with Crippen molar-refractivity contribution in [2.24, 2.45) is 0 Å². The summed E-state index contributed by atoms with van der Waals surface area (Å²) in [5.41, 5.74) is 3.53. The van der Waals surface area contributed by atoms with Crippen LogP contribution in [0.2, 0.25) is 0 Å². The van der Waals surface area contributed by atoms with Crippen molar-refractivity contribution in [3.05, 3.63) is 89.5 Å². The maximum absolute atomic E-state index is 12.6. The van der Waals surface area contributed by atoms with Crippen LogP contribution in [0.25, 0.3) is 0 Å². The highest BCUT2D eigenvalue weighted by atomic mass is 32.2. The predicted molar refractivity (Wildman–Crippen MR) is 131 cm³/mol. The normalized spacial score (nSPS) is 11.2. The molecule has 0 fully saturated rings. The van der Waals surface area contributed by atoms with Crippen molar-refractivity contribution < 1.29 is 17.9 Å². The lowest BCUT2D eigenvalue weighted by atomic mass is 10.1. The van der Waals surface area contributed by atoms with Gasteiger partial charge in [0.15, 0.2) is 0 Å². The zero-order chi connectivity index (χ0) is 23.1. The first-order valence-electron chi connectivity index (χ1n) is 9.90. The molecule has 0 aliphatic rings. The Morgan fingerprint density at radius 2 is 1.72 bits per heavy atom. The van der Waals surface area contributed by atoms with Gasteiger partial charge in [0.05, 0.1) is 25.1 Å². The molecule has 0 aliphatic heterocycles. The molecule has 6 nitrogen and oxygen atoms in total. The third kappa shape index (κ3) is 6.35. The van der Waals surface area contributed by atoms with Crippen LogP contribution in [0.5, 0.6) is 0 Å². The van der Waals surface area contributed by atoms with E-state index in [9.17, 15) is 13.2 Å². The summed E-state index contributed by atoms with van der Waals surface area (Å²) in [6.45, 7) is 0.646. The van der Waals surface area contributed by atoms with Gasteiger partial charge < -0.3 is 10.1 Å². The number of ether oxygens (including phenoxy) is 1. The minimum Gasteiger partial charge on any atom is -0.380 e. The first-order chi connectivity index (χ1) is 15.3. The van der Waals surface area contributed by atoms with Gasteiger partial charge in [0.25, 0.3) is 5.91 Å². The van der Waals surface area contributed by atoms with Crippen LogP contribution in [0.1, 0.15) is 21.5 Å². The molecule has 0 heterocycles. The van der Waals surface area contributed by atoms with Crippen LogP contribution in [-0.4, -0.2) is 33.9 Å². The van der Waals surface area contributed by atoms with Gasteiger partial charge >= 0.3 is 0 Å². The lowest BCUT2D eigenvalue weighted by molar-refractivity contribution is 0.102. The molecular formula is C24H26N2O4S2. The van der Waals surface area contributed by atoms with E-state index in [-0.39, 0.29) is 12.5 Å². The van der Waals surface area contributed by atoms with Crippen molar-refractivity contribution >= 4 is 39.1 Å². The number of sulfonamides is 1. The van der Waals surface area contributed by atoms with Crippen LogP contribution in [0.4, 0.5) is 11.4 Å². The van der Waals surface area contributed by atoms with Gasteiger partial charge in [-0.15, -0.1) is 11.8 Å². The molecule has 3 aromatic rings. The molecule has 0 saturated carbocycles. The van der Waals surface area contributed by atoms with Crippen LogP contribution < -0.4 is 9.62 Å². The number of methoxy groups -OCH3 is 1. The summed E-state index contributed by atoms with van der Waals surface area (Å²) in [6.07, 6.45) is 3.14. The molecule has 3 aromatic carbocycles. The first kappa shape index (κ1) is 23.8. The molecule has 0 aromatic heterocycles. The van der Waals surface area contributed by atoms with E-state index in [0.717, 1.165) is 16.0 Å². The molecule has 3 rings (SSSR count). The second kappa shape index (κ2) is 10.7. The van der Waals surface area contributed by atoms with E-state index in [4.69, 9.17) is 4.74 Å². The highest BCUT2D eigenvalue weighted by molar-refractivity contribution is 7.98. The Bertz CT molecular complexity index is 1180. The number of hydrogen-bond acceptors (Lipinski definition) is 5. The number of amides is 1. The summed E-state index contributed by atoms with van der Waals surface area (Å²) in [5, 5.41) is 2.88. The maximum Gasteiger partial charge on any atom is 0.255 e. The Kier molecular flexibility index (Phi) is 7.95. The lowest BCUT2D eigenvalue weighted by Gasteiger charge is -2.23. The summed E-state index contributed by atoms with van der Waals surface area (Å²) in [4.78, 5) is 13.6. The van der Waals surface area contributed by atoms with E-state index < -0.39 is 10.0 Å². The number of nitrogens with zero attached hydrogens (tertiary/aromatic N) is 1. The molecule has 0 saturated heterocycles. The molecule has 0 unspecified atom stereocenters. The van der Waals surface area contributed by atoms with E-state index >= 15 is 0 Å². The fourth-order valence-corrected chi connectivity index (χ4v) is 4.54. The molecule has 1 N–H and O–H groups in total. The van der Waals surface area contributed by atoms with E-state index in [1.165, 1.54) is 10.6 Å². The molecule has 0 aliphatic carbocycles. The highest BCUT2D eigenvalue weighted by Crippen LogP contribution is 2.26. The van der Waals surface area contributed by atoms with Gasteiger partial charge in [-0.2, -0.15) is 0 Å². The van der Waals surface area contributed by atoms with Crippen LogP contribution >= 0.6 is 11.8 Å². The summed E-state index contributed by atoms with van der Waals surface area (Å²) >= 11 is 1.55. The van der Waals surface area contributed by atoms with Gasteiger partial charge in [-0.25, -0.2) is 8.42 Å². The lowest BCUT2D eigenvalue weighted by Crippen LogP contribution is -2.29. The van der Waals surface area contributed by atoms with Gasteiger partial charge in [-0.05, 0) is 59.8 Å². The van der Waals surface area contributed by atoms with E-state index in [0.29, 0.717) is 23.5 Å². The second-order valence-electron chi connectivity index (χ2n) is 7.26. The highest BCUT2D eigenvalue weighted by Gasteiger charge is 2.18. The molecule has 1 amide bonds. The molecule has 8 heteroatoms. The molecule has 0 atom stereocenters. The zero-order valence-corrected chi connectivity index (χ0v) is 19.9. The van der Waals surface area contributed by atoms with Crippen molar-refractivity contribution in [2.75, 3.05) is 29.2 Å². The van der Waals surface area contributed by atoms with Crippen molar-refractivity contribution in [2.45, 2.75) is 18.0 Å². The van der Waals surface area contributed by atoms with Crippen molar-refractivity contribution in [1.82, 2.24) is 0 Å². The van der Waals surface area contributed by atoms with Crippen LogP contribution in [-0.2, 0) is 27.9 Å². The fraction of sp³-hybridized carbons (Fsp3) is 0.208. The van der Waals surface area contributed by atoms with Crippen molar-refractivity contribution in [3.63, 3.8) is 0 Å². The number of hydrogen-bond donors (Lipinski definition) is 1. The number of carbonyl (C=O) groups is 1. The number of carbonyl (C=O) groups excluding carboxylic acids is 1. The van der Waals surface area contributed by atoms with E-state index in [1.807, 2.05) is 48.7 Å². The maximum atomic E-state index is 12.6. The Balaban J connectivity index is 1.75. The summed E-state index contributed by atoms with van der Waals surface area (Å²) < 4.78 is 31.4. The third-order valence-electron chi connectivity index (χ3n) is 4.78. The quantitative estimate of drug-likeness (QED) is 0.456. The van der Waals surface area contributed by atoms with Gasteiger partial charge in [0.1, 0.15) is 0 Å². The summed E-state index contributed by atoms with van der Waals surface area (Å²) in [6, 6.07) is 21.8. The van der Waals surface area contributed by atoms with Gasteiger partial charge in [-0.3, -0.25) is 9.10 Å². The van der Waals surface area contributed by atoms with Crippen molar-refractivity contribution in [1.29, 1.82) is 0 Å². The third-order valence-corrected chi connectivity index (χ3v) is 6.65. The summed E-state index contributed by atoms with van der Waals surface area (Å²) in [5.74, 6) is -0.237. The van der Waals surface area contributed by atoms with Gasteiger partial charge in [-0.1, -0.05) is 30.3 Å². The van der Waals surface area contributed by atoms with Gasteiger partial charge in [0, 0.05) is 23.3 Å². The van der Waals surface area contributed by atoms with E-state index in [1.54, 1.807) is 49.2 Å². The average molecular weight is 471 g/mol. The topological polar surface area (TPSA) is 75.7 Å². The smallest absolute Gasteiger partial charge is 0.255 e. The molecule has 0 bridgehead atoms. The van der Waals surface area contributed by atoms with Crippen molar-refractivity contribution in [3.8, 4) is 0 Å². The SMILES string of the molecule is COCc1cccc(NC(=O)c2ccc(CN(c3cccc(SC)c3)S(C)(=O)=O)cc2)c1. The van der Waals surface area contributed by atoms with Crippen LogP contribution in [0.15, 0.2) is 77.7 Å². The number of anilines is 2. The standard InChI is InChI=1S/C24H26N2O4S2/c1-30-17-19-6-4-7-21(14-19)25-24(27)20-12-10-18(11-13-20)16-26(32(3,28)29)22-8-5-9-23(15-22)31-2/h4-15H,16-17H2,1-3H3,(H,25,27). The monoisotopic (exact) mass is 470 g/mol. The van der Waals surface area contributed by atoms with E-state index in [2.05, 4.69) is 5.32 Å². The first-order valence-corrected chi connectivity index (χ1v) is 13.0. The molecular weight excluding hydrogens is 444 g/mol.